The molecule has 0 unspecified atom stereocenters. The lowest BCUT2D eigenvalue weighted by Gasteiger charge is -2.13. The van der Waals surface area contributed by atoms with E-state index in [9.17, 15) is 4.79 Å². The monoisotopic (exact) mass is 475 g/mol. The number of aromatic nitrogens is 4. The van der Waals surface area contributed by atoms with E-state index in [1.54, 1.807) is 31.2 Å². The third-order valence-corrected chi connectivity index (χ3v) is 4.91. The molecule has 34 heavy (non-hydrogen) atoms. The molecule has 4 aromatic rings. The zero-order valence-corrected chi connectivity index (χ0v) is 19.6. The summed E-state index contributed by atoms with van der Waals surface area (Å²) in [5, 5.41) is 3.79. The molecule has 0 aliphatic rings. The van der Waals surface area contributed by atoms with Crippen LogP contribution < -0.4 is 10.1 Å². The van der Waals surface area contributed by atoms with Crippen LogP contribution >= 0.6 is 11.6 Å². The fourth-order valence-corrected chi connectivity index (χ4v) is 3.32. The summed E-state index contributed by atoms with van der Waals surface area (Å²) >= 11 is 5.99. The van der Waals surface area contributed by atoms with Crippen LogP contribution in [0.2, 0.25) is 5.02 Å². The molecule has 8 nitrogen and oxygen atoms in total. The largest absolute Gasteiger partial charge is 0.462 e. The van der Waals surface area contributed by atoms with Gasteiger partial charge in [-0.2, -0.15) is 0 Å². The first-order valence-corrected chi connectivity index (χ1v) is 11.0. The van der Waals surface area contributed by atoms with Crippen molar-refractivity contribution in [1.29, 1.82) is 0 Å². The summed E-state index contributed by atoms with van der Waals surface area (Å²) in [5.74, 6) is 0.741. The highest BCUT2D eigenvalue weighted by molar-refractivity contribution is 6.30. The van der Waals surface area contributed by atoms with Crippen LogP contribution in [0.3, 0.4) is 0 Å². The molecule has 0 radical (unpaired) electrons. The number of nitrogens with one attached hydrogen (secondary N) is 1. The zero-order chi connectivity index (χ0) is 24.1. The molecule has 2 aromatic heterocycles. The Morgan fingerprint density at radius 3 is 2.44 bits per heavy atom. The lowest BCUT2D eigenvalue weighted by molar-refractivity contribution is 0.0526. The highest BCUT2D eigenvalue weighted by atomic mass is 35.5. The molecule has 1 N–H and O–H groups in total. The number of ether oxygens (including phenoxy) is 2. The summed E-state index contributed by atoms with van der Waals surface area (Å²) in [5.41, 5.74) is 3.24. The smallest absolute Gasteiger partial charge is 0.343 e. The molecular weight excluding hydrogens is 454 g/mol. The van der Waals surface area contributed by atoms with Gasteiger partial charge in [0.1, 0.15) is 17.1 Å². The fourth-order valence-electron chi connectivity index (χ4n) is 3.19. The third kappa shape index (κ3) is 5.65. The van der Waals surface area contributed by atoms with Gasteiger partial charge in [0.2, 0.25) is 0 Å². The number of hydrogen-bond donors (Lipinski definition) is 1. The van der Waals surface area contributed by atoms with Crippen molar-refractivity contribution in [3.8, 4) is 23.1 Å². The maximum absolute atomic E-state index is 12.5. The quantitative estimate of drug-likeness (QED) is 0.329. The second kappa shape index (κ2) is 10.3. The molecule has 2 heterocycles. The standard InChI is InChI=1S/C25H22ClN5O3/c1-4-33-24(32)21-14-27-22(17-8-10-18(26)11-9-17)31-23(21)30-19-6-5-7-20(13-19)34-25-28-15(2)12-16(3)29-25/h5-14H,4H2,1-3H3,(H,27,30,31). The number of halogens is 1. The van der Waals surface area contributed by atoms with Crippen molar-refractivity contribution < 1.29 is 14.3 Å². The van der Waals surface area contributed by atoms with Gasteiger partial charge in [0.05, 0.1) is 6.61 Å². The molecule has 0 bridgehead atoms. The van der Waals surface area contributed by atoms with Gasteiger partial charge in [-0.05, 0) is 63.2 Å². The molecule has 172 valence electrons. The lowest BCUT2D eigenvalue weighted by atomic mass is 10.2. The number of carbonyl (C=O) groups is 1. The third-order valence-electron chi connectivity index (χ3n) is 4.65. The van der Waals surface area contributed by atoms with Gasteiger partial charge in [0.15, 0.2) is 5.82 Å². The van der Waals surface area contributed by atoms with Crippen LogP contribution in [0.1, 0.15) is 28.7 Å². The van der Waals surface area contributed by atoms with E-state index in [4.69, 9.17) is 21.1 Å². The Kier molecular flexibility index (Phi) is 6.98. The summed E-state index contributed by atoms with van der Waals surface area (Å²) < 4.78 is 11.0. The molecular formula is C25H22ClN5O3. The summed E-state index contributed by atoms with van der Waals surface area (Å²) in [7, 11) is 0. The first-order chi connectivity index (χ1) is 16.4. The van der Waals surface area contributed by atoms with Crippen molar-refractivity contribution in [3.63, 3.8) is 0 Å². The Balaban J connectivity index is 1.66. The van der Waals surface area contributed by atoms with Crippen LogP contribution in [-0.4, -0.2) is 32.5 Å². The van der Waals surface area contributed by atoms with Gasteiger partial charge in [-0.25, -0.2) is 24.7 Å². The van der Waals surface area contributed by atoms with Crippen molar-refractivity contribution in [2.75, 3.05) is 11.9 Å². The maximum Gasteiger partial charge on any atom is 0.343 e. The van der Waals surface area contributed by atoms with Gasteiger partial charge < -0.3 is 14.8 Å². The second-order valence-electron chi connectivity index (χ2n) is 7.37. The van der Waals surface area contributed by atoms with E-state index in [2.05, 4.69) is 25.3 Å². The molecule has 0 amide bonds. The molecule has 9 heteroatoms. The number of carbonyl (C=O) groups excluding carboxylic acids is 1. The zero-order valence-electron chi connectivity index (χ0n) is 18.9. The lowest BCUT2D eigenvalue weighted by Crippen LogP contribution is -2.11. The maximum atomic E-state index is 12.5. The molecule has 0 aliphatic heterocycles. The van der Waals surface area contributed by atoms with Gasteiger partial charge in [-0.1, -0.05) is 17.7 Å². The minimum Gasteiger partial charge on any atom is -0.462 e. The number of anilines is 2. The Morgan fingerprint density at radius 1 is 1.00 bits per heavy atom. The van der Waals surface area contributed by atoms with Crippen LogP contribution in [-0.2, 0) is 4.74 Å². The Hall–Kier alpha value is -4.04. The van der Waals surface area contributed by atoms with E-state index in [0.29, 0.717) is 28.1 Å². The van der Waals surface area contributed by atoms with Crippen LogP contribution in [0.15, 0.2) is 60.8 Å². The van der Waals surface area contributed by atoms with Gasteiger partial charge in [-0.15, -0.1) is 0 Å². The number of esters is 1. The summed E-state index contributed by atoms with van der Waals surface area (Å²) in [6.07, 6.45) is 1.45. The number of nitrogens with zero attached hydrogens (tertiary/aromatic N) is 4. The minimum absolute atomic E-state index is 0.212. The fraction of sp³-hybridized carbons (Fsp3) is 0.160. The van der Waals surface area contributed by atoms with Crippen molar-refractivity contribution in [2.45, 2.75) is 20.8 Å². The number of benzene rings is 2. The van der Waals surface area contributed by atoms with Crippen LogP contribution in [0, 0.1) is 13.8 Å². The number of aryl methyl sites for hydroxylation is 2. The van der Waals surface area contributed by atoms with E-state index in [-0.39, 0.29) is 18.2 Å². The average Bonchev–Trinajstić information content (AvgIpc) is 2.79. The molecule has 2 aromatic carbocycles. The van der Waals surface area contributed by atoms with E-state index < -0.39 is 5.97 Å². The molecule has 4 rings (SSSR count). The topological polar surface area (TPSA) is 99.1 Å². The van der Waals surface area contributed by atoms with E-state index in [1.165, 1.54) is 6.20 Å². The van der Waals surface area contributed by atoms with Crippen molar-refractivity contribution in [1.82, 2.24) is 19.9 Å². The molecule has 0 atom stereocenters. The normalized spacial score (nSPS) is 10.6. The van der Waals surface area contributed by atoms with Gasteiger partial charge in [0.25, 0.3) is 0 Å². The molecule has 0 aliphatic carbocycles. The molecule has 0 saturated heterocycles. The highest BCUT2D eigenvalue weighted by Gasteiger charge is 2.17. The molecule has 0 saturated carbocycles. The predicted octanol–water partition coefficient (Wildman–Crippen LogP) is 5.92. The summed E-state index contributed by atoms with van der Waals surface area (Å²) in [4.78, 5) is 30.0. The number of rotatable bonds is 7. The Morgan fingerprint density at radius 2 is 1.74 bits per heavy atom. The minimum atomic E-state index is -0.524. The molecule has 0 spiro atoms. The Labute approximate surface area is 202 Å². The van der Waals surface area contributed by atoms with Gasteiger partial charge in [0, 0.05) is 39.9 Å². The number of hydrogen-bond acceptors (Lipinski definition) is 8. The predicted molar refractivity (Wildman–Crippen MR) is 130 cm³/mol. The van der Waals surface area contributed by atoms with E-state index in [1.807, 2.05) is 44.2 Å². The van der Waals surface area contributed by atoms with Crippen LogP contribution in [0.25, 0.3) is 11.4 Å². The SMILES string of the molecule is CCOC(=O)c1cnc(-c2ccc(Cl)cc2)nc1Nc1cccc(Oc2nc(C)cc(C)n2)c1. The first-order valence-electron chi connectivity index (χ1n) is 10.6. The summed E-state index contributed by atoms with van der Waals surface area (Å²) in [6, 6.07) is 16.4. The molecule has 0 fully saturated rings. The van der Waals surface area contributed by atoms with Crippen LogP contribution in [0.5, 0.6) is 11.8 Å². The second-order valence-corrected chi connectivity index (χ2v) is 7.81. The average molecular weight is 476 g/mol. The van der Waals surface area contributed by atoms with Gasteiger partial charge in [-0.3, -0.25) is 0 Å². The summed E-state index contributed by atoms with van der Waals surface area (Å²) in [6.45, 7) is 5.73. The van der Waals surface area contributed by atoms with Crippen LogP contribution in [0.4, 0.5) is 11.5 Å². The highest BCUT2D eigenvalue weighted by Crippen LogP contribution is 2.27. The van der Waals surface area contributed by atoms with Crippen molar-refractivity contribution in [2.24, 2.45) is 0 Å². The first kappa shape index (κ1) is 23.1. The van der Waals surface area contributed by atoms with Gasteiger partial charge >= 0.3 is 12.0 Å². The van der Waals surface area contributed by atoms with E-state index in [0.717, 1.165) is 17.0 Å². The van der Waals surface area contributed by atoms with E-state index >= 15 is 0 Å². The van der Waals surface area contributed by atoms with Crippen molar-refractivity contribution in [3.05, 3.63) is 82.8 Å². The van der Waals surface area contributed by atoms with Crippen molar-refractivity contribution >= 4 is 29.1 Å². The Bertz CT molecular complexity index is 1310.